The van der Waals surface area contributed by atoms with E-state index in [1.54, 1.807) is 30.0 Å². The molecule has 0 fully saturated rings. The van der Waals surface area contributed by atoms with Crippen LogP contribution in [0.4, 0.5) is 0 Å². The number of carbonyl (C=O) groups excluding carboxylic acids is 2. The van der Waals surface area contributed by atoms with E-state index in [0.717, 1.165) is 11.1 Å². The molecular formula is C21H23Cl3N2O2S. The third kappa shape index (κ3) is 7.41. The summed E-state index contributed by atoms with van der Waals surface area (Å²) in [5, 5.41) is 4.32. The van der Waals surface area contributed by atoms with E-state index >= 15 is 0 Å². The number of rotatable bonds is 9. The lowest BCUT2D eigenvalue weighted by molar-refractivity contribution is -0.138. The Morgan fingerprint density at radius 2 is 1.69 bits per heavy atom. The number of thioether (sulfide) groups is 1. The highest BCUT2D eigenvalue weighted by atomic mass is 35.5. The van der Waals surface area contributed by atoms with Crippen LogP contribution in [0.3, 0.4) is 0 Å². The maximum atomic E-state index is 12.9. The Morgan fingerprint density at radius 3 is 2.31 bits per heavy atom. The minimum absolute atomic E-state index is 0.117. The van der Waals surface area contributed by atoms with Gasteiger partial charge in [-0.2, -0.15) is 0 Å². The summed E-state index contributed by atoms with van der Waals surface area (Å²) >= 11 is 19.5. The summed E-state index contributed by atoms with van der Waals surface area (Å²) in [7, 11) is 0. The second-order valence-electron chi connectivity index (χ2n) is 6.46. The average molecular weight is 474 g/mol. The molecule has 2 aromatic carbocycles. The van der Waals surface area contributed by atoms with E-state index in [-0.39, 0.29) is 24.1 Å². The van der Waals surface area contributed by atoms with Crippen molar-refractivity contribution in [3.05, 3.63) is 68.7 Å². The molecule has 2 rings (SSSR count). The van der Waals surface area contributed by atoms with Gasteiger partial charge in [-0.05, 0) is 49.2 Å². The third-order valence-electron chi connectivity index (χ3n) is 4.26. The zero-order valence-electron chi connectivity index (χ0n) is 16.3. The lowest BCUT2D eigenvalue weighted by atomic mass is 10.1. The quantitative estimate of drug-likeness (QED) is 0.528. The SMILES string of the molecule is CCNC(=O)C(C)N(Cc1ccc(Cl)c(Cl)c1)C(=O)CSCc1ccc(Cl)cc1. The summed E-state index contributed by atoms with van der Waals surface area (Å²) < 4.78 is 0. The molecule has 1 N–H and O–H groups in total. The Morgan fingerprint density at radius 1 is 1.03 bits per heavy atom. The molecule has 0 aliphatic carbocycles. The lowest BCUT2D eigenvalue weighted by Gasteiger charge is -2.28. The second-order valence-corrected chi connectivity index (χ2v) is 8.70. The van der Waals surface area contributed by atoms with Gasteiger partial charge in [0.15, 0.2) is 0 Å². The van der Waals surface area contributed by atoms with Gasteiger partial charge in [0.25, 0.3) is 0 Å². The van der Waals surface area contributed by atoms with Crippen LogP contribution in [-0.4, -0.2) is 35.1 Å². The summed E-state index contributed by atoms with van der Waals surface area (Å²) in [6.45, 7) is 4.35. The summed E-state index contributed by atoms with van der Waals surface area (Å²) in [6, 6.07) is 12.1. The number of nitrogens with one attached hydrogen (secondary N) is 1. The highest BCUT2D eigenvalue weighted by Gasteiger charge is 2.25. The fraction of sp³-hybridized carbons (Fsp3) is 0.333. The van der Waals surface area contributed by atoms with E-state index < -0.39 is 6.04 Å². The van der Waals surface area contributed by atoms with E-state index in [1.165, 1.54) is 11.8 Å². The molecule has 0 aromatic heterocycles. The van der Waals surface area contributed by atoms with Crippen molar-refractivity contribution in [1.82, 2.24) is 10.2 Å². The van der Waals surface area contributed by atoms with E-state index in [9.17, 15) is 9.59 Å². The Hall–Kier alpha value is -1.40. The van der Waals surface area contributed by atoms with Crippen molar-refractivity contribution < 1.29 is 9.59 Å². The number of benzene rings is 2. The molecule has 1 atom stereocenters. The first-order valence-electron chi connectivity index (χ1n) is 9.15. The van der Waals surface area contributed by atoms with E-state index in [0.29, 0.717) is 27.4 Å². The molecule has 4 nitrogen and oxygen atoms in total. The fourth-order valence-electron chi connectivity index (χ4n) is 2.66. The minimum atomic E-state index is -0.604. The van der Waals surface area contributed by atoms with Crippen LogP contribution in [0.2, 0.25) is 15.1 Å². The molecule has 0 saturated heterocycles. The molecule has 8 heteroatoms. The first-order valence-corrected chi connectivity index (χ1v) is 11.4. The van der Waals surface area contributed by atoms with Crippen molar-refractivity contribution in [3.63, 3.8) is 0 Å². The van der Waals surface area contributed by atoms with Crippen molar-refractivity contribution in [3.8, 4) is 0 Å². The topological polar surface area (TPSA) is 49.4 Å². The van der Waals surface area contributed by atoms with Crippen LogP contribution >= 0.6 is 46.6 Å². The number of amides is 2. The lowest BCUT2D eigenvalue weighted by Crippen LogP contribution is -2.48. The molecule has 1 unspecified atom stereocenters. The number of hydrogen-bond acceptors (Lipinski definition) is 3. The molecule has 0 radical (unpaired) electrons. The maximum absolute atomic E-state index is 12.9. The van der Waals surface area contributed by atoms with Gasteiger partial charge in [-0.15, -0.1) is 11.8 Å². The molecule has 0 aliphatic heterocycles. The molecule has 0 heterocycles. The highest BCUT2D eigenvalue weighted by Crippen LogP contribution is 2.24. The summed E-state index contributed by atoms with van der Waals surface area (Å²) in [4.78, 5) is 26.9. The standard InChI is InChI=1S/C21H23Cl3N2O2S/c1-3-25-21(28)14(2)26(11-16-6-9-18(23)19(24)10-16)20(27)13-29-12-15-4-7-17(22)8-5-15/h4-10,14H,3,11-13H2,1-2H3,(H,25,28). The molecule has 2 aromatic rings. The van der Waals surface area contributed by atoms with Gasteiger partial charge in [-0.3, -0.25) is 9.59 Å². The largest absolute Gasteiger partial charge is 0.355 e. The fourth-order valence-corrected chi connectivity index (χ4v) is 3.98. The van der Waals surface area contributed by atoms with Crippen molar-refractivity contribution in [2.45, 2.75) is 32.2 Å². The zero-order valence-corrected chi connectivity index (χ0v) is 19.3. The van der Waals surface area contributed by atoms with Crippen molar-refractivity contribution in [2.75, 3.05) is 12.3 Å². The van der Waals surface area contributed by atoms with Crippen LogP contribution in [0.1, 0.15) is 25.0 Å². The van der Waals surface area contributed by atoms with Crippen LogP contribution in [0, 0.1) is 0 Å². The van der Waals surface area contributed by atoms with E-state index in [1.807, 2.05) is 31.2 Å². The van der Waals surface area contributed by atoms with Crippen molar-refractivity contribution in [2.24, 2.45) is 0 Å². The van der Waals surface area contributed by atoms with E-state index in [4.69, 9.17) is 34.8 Å². The smallest absolute Gasteiger partial charge is 0.242 e. The van der Waals surface area contributed by atoms with Gasteiger partial charge in [0.1, 0.15) is 6.04 Å². The van der Waals surface area contributed by atoms with Gasteiger partial charge >= 0.3 is 0 Å². The van der Waals surface area contributed by atoms with Gasteiger partial charge in [-0.1, -0.05) is 53.0 Å². The molecule has 0 spiro atoms. The Labute approximate surface area is 190 Å². The number of nitrogens with zero attached hydrogens (tertiary/aromatic N) is 1. The van der Waals surface area contributed by atoms with Crippen molar-refractivity contribution >= 4 is 58.4 Å². The van der Waals surface area contributed by atoms with Crippen LogP contribution in [-0.2, 0) is 21.9 Å². The van der Waals surface area contributed by atoms with E-state index in [2.05, 4.69) is 5.32 Å². The van der Waals surface area contributed by atoms with Crippen LogP contribution in [0.15, 0.2) is 42.5 Å². The maximum Gasteiger partial charge on any atom is 0.242 e. The Balaban J connectivity index is 2.07. The van der Waals surface area contributed by atoms with Gasteiger partial charge in [0.05, 0.1) is 15.8 Å². The third-order valence-corrected chi connectivity index (χ3v) is 6.24. The van der Waals surface area contributed by atoms with Crippen LogP contribution in [0.25, 0.3) is 0 Å². The second kappa shape index (κ2) is 11.7. The molecule has 2 amide bonds. The molecule has 0 bridgehead atoms. The number of carbonyl (C=O) groups is 2. The Kier molecular flexibility index (Phi) is 9.63. The number of likely N-dealkylation sites (N-methyl/N-ethyl adjacent to an activating group) is 1. The number of hydrogen-bond donors (Lipinski definition) is 1. The summed E-state index contributed by atoms with van der Waals surface area (Å²) in [5.74, 6) is 0.629. The van der Waals surface area contributed by atoms with Gasteiger partial charge in [-0.25, -0.2) is 0 Å². The minimum Gasteiger partial charge on any atom is -0.355 e. The first kappa shape index (κ1) is 23.9. The van der Waals surface area contributed by atoms with Crippen LogP contribution < -0.4 is 5.32 Å². The summed E-state index contributed by atoms with van der Waals surface area (Å²) in [5.41, 5.74) is 1.90. The zero-order chi connectivity index (χ0) is 21.4. The molecule has 29 heavy (non-hydrogen) atoms. The molecule has 156 valence electrons. The molecule has 0 aliphatic rings. The van der Waals surface area contributed by atoms with Crippen LogP contribution in [0.5, 0.6) is 0 Å². The van der Waals surface area contributed by atoms with Gasteiger partial charge in [0.2, 0.25) is 11.8 Å². The normalized spacial score (nSPS) is 11.8. The monoisotopic (exact) mass is 472 g/mol. The first-order chi connectivity index (χ1) is 13.8. The number of halogens is 3. The van der Waals surface area contributed by atoms with Gasteiger partial charge in [0, 0.05) is 23.9 Å². The average Bonchev–Trinajstić information content (AvgIpc) is 2.69. The Bertz CT molecular complexity index is 846. The predicted molar refractivity (Wildman–Crippen MR) is 123 cm³/mol. The highest BCUT2D eigenvalue weighted by molar-refractivity contribution is 7.99. The van der Waals surface area contributed by atoms with Gasteiger partial charge < -0.3 is 10.2 Å². The summed E-state index contributed by atoms with van der Waals surface area (Å²) in [6.07, 6.45) is 0. The molecule has 0 saturated carbocycles. The molecular weight excluding hydrogens is 451 g/mol. The van der Waals surface area contributed by atoms with Crippen molar-refractivity contribution in [1.29, 1.82) is 0 Å². The predicted octanol–water partition coefficient (Wildman–Crippen LogP) is 5.43.